The molecular formula is C21H24N4O5. The Hall–Kier alpha value is -2.62. The fraction of sp³-hybridized carbons (Fsp3) is 0.524. The predicted octanol–water partition coefficient (Wildman–Crippen LogP) is -0.220. The number of piperidine rings is 1. The van der Waals surface area contributed by atoms with E-state index in [1.165, 1.54) is 0 Å². The molecule has 9 nitrogen and oxygen atoms in total. The fourth-order valence-electron chi connectivity index (χ4n) is 5.23. The Balaban J connectivity index is 1.39. The molecule has 9 heteroatoms. The first-order valence-corrected chi connectivity index (χ1v) is 10.3. The van der Waals surface area contributed by atoms with Crippen molar-refractivity contribution in [2.24, 2.45) is 5.73 Å². The van der Waals surface area contributed by atoms with E-state index in [0.29, 0.717) is 24.3 Å². The number of fused-ring (bicyclic) bond motifs is 1. The number of amides is 4. The van der Waals surface area contributed by atoms with E-state index in [-0.39, 0.29) is 30.3 Å². The minimum absolute atomic E-state index is 0.0585. The van der Waals surface area contributed by atoms with Crippen LogP contribution in [0.1, 0.15) is 52.0 Å². The second-order valence-corrected chi connectivity index (χ2v) is 8.70. The van der Waals surface area contributed by atoms with Crippen molar-refractivity contribution in [2.75, 3.05) is 19.8 Å². The summed E-state index contributed by atoms with van der Waals surface area (Å²) < 4.78 is 5.64. The number of benzene rings is 1. The Morgan fingerprint density at radius 2 is 1.97 bits per heavy atom. The van der Waals surface area contributed by atoms with Crippen LogP contribution in [-0.2, 0) is 20.9 Å². The largest absolute Gasteiger partial charge is 0.379 e. The van der Waals surface area contributed by atoms with E-state index in [4.69, 9.17) is 10.5 Å². The number of nitrogens with zero attached hydrogens (tertiary/aromatic N) is 2. The first kappa shape index (κ1) is 19.3. The number of carbonyl (C=O) groups excluding carboxylic acids is 4. The molecule has 4 heterocycles. The zero-order valence-electron chi connectivity index (χ0n) is 16.6. The van der Waals surface area contributed by atoms with E-state index in [1.807, 2.05) is 6.07 Å². The van der Waals surface area contributed by atoms with Crippen molar-refractivity contribution in [3.05, 3.63) is 34.9 Å². The Morgan fingerprint density at radius 3 is 2.70 bits per heavy atom. The highest BCUT2D eigenvalue weighted by Crippen LogP contribution is 2.37. The first-order chi connectivity index (χ1) is 14.4. The zero-order chi connectivity index (χ0) is 21.0. The van der Waals surface area contributed by atoms with Gasteiger partial charge in [-0.1, -0.05) is 6.07 Å². The third kappa shape index (κ3) is 2.96. The van der Waals surface area contributed by atoms with Gasteiger partial charge in [0.2, 0.25) is 11.8 Å². The van der Waals surface area contributed by atoms with Crippen molar-refractivity contribution in [3.8, 4) is 0 Å². The molecule has 3 atom stereocenters. The van der Waals surface area contributed by atoms with Gasteiger partial charge in [0.05, 0.1) is 17.7 Å². The average Bonchev–Trinajstić information content (AvgIpc) is 3.35. The number of ether oxygens (including phenoxy) is 1. The number of carbonyl (C=O) groups is 4. The predicted molar refractivity (Wildman–Crippen MR) is 104 cm³/mol. The molecule has 0 aromatic heterocycles. The highest BCUT2D eigenvalue weighted by molar-refractivity contribution is 6.23. The molecule has 3 fully saturated rings. The zero-order valence-corrected chi connectivity index (χ0v) is 16.6. The van der Waals surface area contributed by atoms with Crippen LogP contribution in [0.2, 0.25) is 0 Å². The van der Waals surface area contributed by atoms with Crippen molar-refractivity contribution in [2.45, 2.75) is 49.9 Å². The van der Waals surface area contributed by atoms with Gasteiger partial charge in [-0.15, -0.1) is 0 Å². The van der Waals surface area contributed by atoms with Crippen molar-refractivity contribution in [1.29, 1.82) is 0 Å². The molecule has 5 rings (SSSR count). The first-order valence-electron chi connectivity index (χ1n) is 10.3. The Bertz CT molecular complexity index is 955. The molecule has 3 saturated heterocycles. The number of imide groups is 2. The Labute approximate surface area is 173 Å². The molecule has 4 aliphatic heterocycles. The van der Waals surface area contributed by atoms with Crippen molar-refractivity contribution in [1.82, 2.24) is 15.1 Å². The summed E-state index contributed by atoms with van der Waals surface area (Å²) in [7, 11) is 0. The molecular weight excluding hydrogens is 388 g/mol. The van der Waals surface area contributed by atoms with Crippen LogP contribution in [0.25, 0.3) is 0 Å². The van der Waals surface area contributed by atoms with Crippen molar-refractivity contribution >= 4 is 23.6 Å². The minimum Gasteiger partial charge on any atom is -0.379 e. The normalized spacial score (nSPS) is 31.7. The van der Waals surface area contributed by atoms with Gasteiger partial charge in [-0.05, 0) is 37.0 Å². The standard InChI is InChI=1S/C21H24N4O5/c22-13-8-21(5-6-30-11-21)24(10-13)9-12-1-2-14-15(7-12)20(29)25(19(14)28)16-3-4-17(26)23-18(16)27/h1-2,7,13,16H,3-6,8-11,22H2,(H,23,26,27). The molecule has 3 unspecified atom stereocenters. The SMILES string of the molecule is NC1CN(Cc2ccc3c(c2)C(=O)N(C2CCC(=O)NC2=O)C3=O)C2(CCOC2)C1. The molecule has 1 aromatic carbocycles. The number of hydrogen-bond acceptors (Lipinski definition) is 7. The molecule has 0 aliphatic carbocycles. The van der Waals surface area contributed by atoms with Gasteiger partial charge >= 0.3 is 0 Å². The molecule has 0 radical (unpaired) electrons. The Morgan fingerprint density at radius 1 is 1.17 bits per heavy atom. The highest BCUT2D eigenvalue weighted by atomic mass is 16.5. The summed E-state index contributed by atoms with van der Waals surface area (Å²) in [6.07, 6.45) is 2.08. The van der Waals surface area contributed by atoms with Crippen LogP contribution in [0.5, 0.6) is 0 Å². The monoisotopic (exact) mass is 412 g/mol. The van der Waals surface area contributed by atoms with E-state index >= 15 is 0 Å². The van der Waals surface area contributed by atoms with Crippen LogP contribution in [0.15, 0.2) is 18.2 Å². The third-order valence-corrected chi connectivity index (χ3v) is 6.73. The topological polar surface area (TPSA) is 122 Å². The molecule has 0 saturated carbocycles. The molecule has 30 heavy (non-hydrogen) atoms. The molecule has 158 valence electrons. The van der Waals surface area contributed by atoms with Crippen LogP contribution in [0.4, 0.5) is 0 Å². The van der Waals surface area contributed by atoms with Gasteiger partial charge in [0, 0.05) is 37.7 Å². The van der Waals surface area contributed by atoms with E-state index < -0.39 is 23.8 Å². The van der Waals surface area contributed by atoms with Crippen molar-refractivity contribution < 1.29 is 23.9 Å². The average molecular weight is 412 g/mol. The Kier molecular flexibility index (Phi) is 4.49. The van der Waals surface area contributed by atoms with Gasteiger partial charge in [0.25, 0.3) is 11.8 Å². The van der Waals surface area contributed by atoms with E-state index in [1.54, 1.807) is 12.1 Å². The smallest absolute Gasteiger partial charge is 0.262 e. The summed E-state index contributed by atoms with van der Waals surface area (Å²) in [6, 6.07) is 4.39. The van der Waals surface area contributed by atoms with Gasteiger partial charge in [-0.25, -0.2) is 0 Å². The fourth-order valence-corrected chi connectivity index (χ4v) is 5.23. The number of likely N-dealkylation sites (tertiary alicyclic amines) is 1. The number of hydrogen-bond donors (Lipinski definition) is 2. The molecule has 0 bridgehead atoms. The maximum atomic E-state index is 13.0. The van der Waals surface area contributed by atoms with Crippen molar-refractivity contribution in [3.63, 3.8) is 0 Å². The molecule has 1 aromatic rings. The maximum absolute atomic E-state index is 13.0. The van der Waals surface area contributed by atoms with Crippen LogP contribution in [0.3, 0.4) is 0 Å². The summed E-state index contributed by atoms with van der Waals surface area (Å²) >= 11 is 0. The van der Waals surface area contributed by atoms with E-state index in [2.05, 4.69) is 10.2 Å². The summed E-state index contributed by atoms with van der Waals surface area (Å²) in [5.41, 5.74) is 7.69. The quantitative estimate of drug-likeness (QED) is 0.658. The highest BCUT2D eigenvalue weighted by Gasteiger charge is 2.48. The summed E-state index contributed by atoms with van der Waals surface area (Å²) in [6.45, 7) is 2.76. The van der Waals surface area contributed by atoms with Gasteiger partial charge in [-0.2, -0.15) is 0 Å². The number of nitrogens with two attached hydrogens (primary N) is 1. The van der Waals surface area contributed by atoms with Crippen LogP contribution in [0, 0.1) is 0 Å². The number of nitrogens with one attached hydrogen (secondary N) is 1. The minimum atomic E-state index is -0.950. The second kappa shape index (κ2) is 6.97. The van der Waals surface area contributed by atoms with E-state index in [9.17, 15) is 19.2 Å². The van der Waals surface area contributed by atoms with Gasteiger partial charge in [0.15, 0.2) is 0 Å². The number of rotatable bonds is 3. The summed E-state index contributed by atoms with van der Waals surface area (Å²) in [5, 5.41) is 2.21. The lowest BCUT2D eigenvalue weighted by Crippen LogP contribution is -2.54. The third-order valence-electron chi connectivity index (χ3n) is 6.73. The second-order valence-electron chi connectivity index (χ2n) is 8.70. The molecule has 4 aliphatic rings. The van der Waals surface area contributed by atoms with Gasteiger partial charge < -0.3 is 10.5 Å². The van der Waals surface area contributed by atoms with Crippen LogP contribution in [-0.4, -0.2) is 70.8 Å². The lowest BCUT2D eigenvalue weighted by atomic mass is 9.93. The molecule has 1 spiro atoms. The molecule has 4 amide bonds. The van der Waals surface area contributed by atoms with Crippen LogP contribution < -0.4 is 11.1 Å². The van der Waals surface area contributed by atoms with Crippen LogP contribution >= 0.6 is 0 Å². The summed E-state index contributed by atoms with van der Waals surface area (Å²) in [4.78, 5) is 52.8. The molecule has 3 N–H and O–H groups in total. The van der Waals surface area contributed by atoms with Gasteiger partial charge in [-0.3, -0.25) is 34.3 Å². The summed E-state index contributed by atoms with van der Waals surface area (Å²) in [5.74, 6) is -1.96. The maximum Gasteiger partial charge on any atom is 0.262 e. The van der Waals surface area contributed by atoms with Gasteiger partial charge in [0.1, 0.15) is 6.04 Å². The van der Waals surface area contributed by atoms with E-state index in [0.717, 1.165) is 36.5 Å². The lowest BCUT2D eigenvalue weighted by molar-refractivity contribution is -0.136. The lowest BCUT2D eigenvalue weighted by Gasteiger charge is -2.33.